The molecule has 0 aliphatic carbocycles. The molecule has 2 amide bonds. The maximum atomic E-state index is 13.0. The van der Waals surface area contributed by atoms with E-state index in [0.717, 1.165) is 0 Å². The van der Waals surface area contributed by atoms with Crippen LogP contribution in [0.3, 0.4) is 0 Å². The first-order valence-electron chi connectivity index (χ1n) is 11.1. The predicted molar refractivity (Wildman–Crippen MR) is 120 cm³/mol. The zero-order valence-electron chi connectivity index (χ0n) is 21.6. The van der Waals surface area contributed by atoms with E-state index in [2.05, 4.69) is 0 Å². The zero-order chi connectivity index (χ0) is 26.2. The number of ether oxygens (including phenoxy) is 4. The number of aliphatic hydroxyl groups excluding tert-OH is 1. The Kier molecular flexibility index (Phi) is 11.3. The molecular weight excluding hydrogens is 434 g/mol. The molecule has 0 aliphatic rings. The van der Waals surface area contributed by atoms with Crippen molar-refractivity contribution in [2.75, 3.05) is 6.61 Å². The molecule has 2 atom stereocenters. The number of hydrogen-bond donors (Lipinski definition) is 1. The summed E-state index contributed by atoms with van der Waals surface area (Å²) in [6.07, 6.45) is -3.58. The van der Waals surface area contributed by atoms with Crippen molar-refractivity contribution in [2.45, 2.75) is 117 Å². The standard InChI is InChI=1S/C23H41NO9/c1-11-30-18(27)16(25)14-12-13-15(17(26)31-21(2,3)4)24(19(28)32-22(5,6)7)20(29)33-23(8,9)10/h15-16,25H,11-14H2,1-10H3/t15-,16?/m0/s1. The average Bonchev–Trinajstić information content (AvgIpc) is 2.55. The highest BCUT2D eigenvalue weighted by atomic mass is 16.6. The molecule has 10 nitrogen and oxygen atoms in total. The highest BCUT2D eigenvalue weighted by molar-refractivity contribution is 5.94. The van der Waals surface area contributed by atoms with Crippen molar-refractivity contribution in [1.82, 2.24) is 4.90 Å². The quantitative estimate of drug-likeness (QED) is 0.409. The minimum atomic E-state index is -1.40. The lowest BCUT2D eigenvalue weighted by molar-refractivity contribution is -0.161. The van der Waals surface area contributed by atoms with Crippen LogP contribution in [0.4, 0.5) is 9.59 Å². The van der Waals surface area contributed by atoms with E-state index in [9.17, 15) is 24.3 Å². The van der Waals surface area contributed by atoms with Crippen molar-refractivity contribution in [2.24, 2.45) is 0 Å². The second kappa shape index (κ2) is 12.2. The summed E-state index contributed by atoms with van der Waals surface area (Å²) in [6.45, 7) is 16.4. The number of aliphatic hydroxyl groups is 1. The first kappa shape index (κ1) is 30.6. The van der Waals surface area contributed by atoms with Crippen LogP contribution in [0.15, 0.2) is 0 Å². The van der Waals surface area contributed by atoms with Crippen LogP contribution >= 0.6 is 0 Å². The van der Waals surface area contributed by atoms with Crippen molar-refractivity contribution < 1.29 is 43.2 Å². The van der Waals surface area contributed by atoms with Gasteiger partial charge in [0.1, 0.15) is 22.8 Å². The normalized spacial score (nSPS) is 14.0. The Balaban J connectivity index is 5.96. The third-order valence-corrected chi connectivity index (χ3v) is 3.68. The van der Waals surface area contributed by atoms with Crippen LogP contribution < -0.4 is 0 Å². The highest BCUT2D eigenvalue weighted by Gasteiger charge is 2.42. The largest absolute Gasteiger partial charge is 0.464 e. The van der Waals surface area contributed by atoms with Crippen molar-refractivity contribution in [1.29, 1.82) is 0 Å². The fraction of sp³-hybridized carbons (Fsp3) is 0.826. The molecule has 0 saturated carbocycles. The number of imide groups is 1. The van der Waals surface area contributed by atoms with E-state index in [1.165, 1.54) is 0 Å². The summed E-state index contributed by atoms with van der Waals surface area (Å²) in [5.74, 6) is -1.63. The van der Waals surface area contributed by atoms with Gasteiger partial charge in [-0.25, -0.2) is 19.2 Å². The van der Waals surface area contributed by atoms with Gasteiger partial charge in [-0.05, 0) is 88.5 Å². The summed E-state index contributed by atoms with van der Waals surface area (Å²) < 4.78 is 20.9. The van der Waals surface area contributed by atoms with Crippen LogP contribution in [-0.2, 0) is 28.5 Å². The average molecular weight is 476 g/mol. The van der Waals surface area contributed by atoms with Crippen molar-refractivity contribution in [3.8, 4) is 0 Å². The maximum absolute atomic E-state index is 13.0. The molecule has 0 bridgehead atoms. The molecule has 0 spiro atoms. The van der Waals surface area contributed by atoms with Crippen LogP contribution in [0.2, 0.25) is 0 Å². The minimum absolute atomic E-state index is 0.0470. The van der Waals surface area contributed by atoms with E-state index in [4.69, 9.17) is 18.9 Å². The van der Waals surface area contributed by atoms with E-state index < -0.39 is 53.1 Å². The third kappa shape index (κ3) is 13.1. The van der Waals surface area contributed by atoms with Gasteiger partial charge in [0.25, 0.3) is 0 Å². The minimum Gasteiger partial charge on any atom is -0.464 e. The van der Waals surface area contributed by atoms with Crippen LogP contribution in [0, 0.1) is 0 Å². The number of hydrogen-bond acceptors (Lipinski definition) is 9. The molecule has 0 aromatic rings. The van der Waals surface area contributed by atoms with E-state index in [1.807, 2.05) is 0 Å². The number of nitrogens with zero attached hydrogens (tertiary/aromatic N) is 1. The zero-order valence-corrected chi connectivity index (χ0v) is 21.6. The fourth-order valence-electron chi connectivity index (χ4n) is 2.53. The predicted octanol–water partition coefficient (Wildman–Crippen LogP) is 3.96. The lowest BCUT2D eigenvalue weighted by Crippen LogP contribution is -2.53. The second-order valence-corrected chi connectivity index (χ2v) is 10.6. The summed E-state index contributed by atoms with van der Waals surface area (Å²) in [7, 11) is 0. The van der Waals surface area contributed by atoms with E-state index in [1.54, 1.807) is 69.2 Å². The Morgan fingerprint density at radius 3 is 1.52 bits per heavy atom. The second-order valence-electron chi connectivity index (χ2n) is 10.6. The molecule has 0 radical (unpaired) electrons. The van der Waals surface area contributed by atoms with Gasteiger partial charge in [-0.3, -0.25) is 0 Å². The van der Waals surface area contributed by atoms with E-state index in [-0.39, 0.29) is 25.9 Å². The Labute approximate surface area is 196 Å². The molecule has 0 aromatic heterocycles. The molecule has 1 N–H and O–H groups in total. The van der Waals surface area contributed by atoms with Crippen LogP contribution in [0.1, 0.15) is 88.5 Å². The lowest BCUT2D eigenvalue weighted by Gasteiger charge is -2.33. The van der Waals surface area contributed by atoms with Crippen molar-refractivity contribution in [3.63, 3.8) is 0 Å². The van der Waals surface area contributed by atoms with Gasteiger partial charge in [0, 0.05) is 0 Å². The number of amides is 2. The molecule has 33 heavy (non-hydrogen) atoms. The van der Waals surface area contributed by atoms with Gasteiger partial charge in [0.05, 0.1) is 6.61 Å². The summed E-state index contributed by atoms with van der Waals surface area (Å²) in [4.78, 5) is 51.2. The Bertz CT molecular complexity index is 656. The number of rotatable bonds is 8. The highest BCUT2D eigenvalue weighted by Crippen LogP contribution is 2.22. The van der Waals surface area contributed by atoms with Gasteiger partial charge in [-0.15, -0.1) is 0 Å². The molecule has 0 heterocycles. The van der Waals surface area contributed by atoms with Crippen molar-refractivity contribution >= 4 is 24.1 Å². The third-order valence-electron chi connectivity index (χ3n) is 3.68. The molecule has 0 rings (SSSR count). The number of esters is 2. The van der Waals surface area contributed by atoms with E-state index >= 15 is 0 Å². The van der Waals surface area contributed by atoms with Gasteiger partial charge in [-0.1, -0.05) is 0 Å². The maximum Gasteiger partial charge on any atom is 0.420 e. The van der Waals surface area contributed by atoms with Crippen molar-refractivity contribution in [3.05, 3.63) is 0 Å². The summed E-state index contributed by atoms with van der Waals surface area (Å²) >= 11 is 0. The fourth-order valence-corrected chi connectivity index (χ4v) is 2.53. The van der Waals surface area contributed by atoms with Crippen LogP contribution in [0.5, 0.6) is 0 Å². The monoisotopic (exact) mass is 475 g/mol. The first-order chi connectivity index (χ1) is 14.8. The van der Waals surface area contributed by atoms with Gasteiger partial charge >= 0.3 is 24.1 Å². The van der Waals surface area contributed by atoms with Gasteiger partial charge < -0.3 is 24.1 Å². The molecule has 192 valence electrons. The summed E-state index contributed by atoms with van der Waals surface area (Å²) in [6, 6.07) is -1.40. The smallest absolute Gasteiger partial charge is 0.420 e. The van der Waals surface area contributed by atoms with Gasteiger partial charge in [-0.2, -0.15) is 4.90 Å². The molecule has 0 aromatic carbocycles. The van der Waals surface area contributed by atoms with Crippen LogP contribution in [-0.4, -0.2) is 69.7 Å². The van der Waals surface area contributed by atoms with Gasteiger partial charge in [0.15, 0.2) is 6.10 Å². The first-order valence-corrected chi connectivity index (χ1v) is 11.1. The Morgan fingerprint density at radius 2 is 1.15 bits per heavy atom. The molecule has 0 aliphatic heterocycles. The molecule has 10 heteroatoms. The Morgan fingerprint density at radius 1 is 0.727 bits per heavy atom. The van der Waals surface area contributed by atoms with Crippen LogP contribution in [0.25, 0.3) is 0 Å². The molecular formula is C23H41NO9. The molecule has 1 unspecified atom stereocenters. The summed E-state index contributed by atoms with van der Waals surface area (Å²) in [5, 5.41) is 9.96. The SMILES string of the molecule is CCOC(=O)C(O)CCC[C@@H](C(=O)OC(C)(C)C)N(C(=O)OC(C)(C)C)C(=O)OC(C)(C)C. The number of carbonyl (C=O) groups excluding carboxylic acids is 4. The summed E-state index contributed by atoms with van der Waals surface area (Å²) in [5.41, 5.74) is -2.79. The lowest BCUT2D eigenvalue weighted by atomic mass is 10.1. The van der Waals surface area contributed by atoms with Gasteiger partial charge in [0.2, 0.25) is 0 Å². The topological polar surface area (TPSA) is 129 Å². The molecule has 0 saturated heterocycles. The Hall–Kier alpha value is -2.36. The molecule has 0 fully saturated rings. The van der Waals surface area contributed by atoms with E-state index in [0.29, 0.717) is 4.90 Å². The number of carbonyl (C=O) groups is 4.